The summed E-state index contributed by atoms with van der Waals surface area (Å²) in [5.74, 6) is 0. The van der Waals surface area contributed by atoms with E-state index in [-0.39, 0.29) is 23.1 Å². The van der Waals surface area contributed by atoms with Crippen molar-refractivity contribution in [3.63, 3.8) is 0 Å². The highest BCUT2D eigenvalue weighted by molar-refractivity contribution is 5.27. The van der Waals surface area contributed by atoms with Crippen molar-refractivity contribution in [1.29, 1.82) is 0 Å². The zero-order chi connectivity index (χ0) is 21.1. The Morgan fingerprint density at radius 1 is 1.03 bits per heavy atom. The minimum Gasteiger partial charge on any atom is -0.375 e. The van der Waals surface area contributed by atoms with E-state index in [4.69, 9.17) is 4.74 Å². The Labute approximate surface area is 175 Å². The number of halogens is 3. The SMILES string of the molecule is FC(F)(F)c1ccncc1CNCC[C@@]1(c2cccnc2)CCOC2(CCCC2)C1. The maximum atomic E-state index is 13.2. The summed E-state index contributed by atoms with van der Waals surface area (Å²) in [6.45, 7) is 1.49. The van der Waals surface area contributed by atoms with E-state index in [2.05, 4.69) is 21.4 Å². The van der Waals surface area contributed by atoms with Gasteiger partial charge in [-0.3, -0.25) is 9.97 Å². The van der Waals surface area contributed by atoms with Crippen molar-refractivity contribution in [2.24, 2.45) is 0 Å². The molecule has 3 heterocycles. The first kappa shape index (κ1) is 21.2. The zero-order valence-corrected chi connectivity index (χ0v) is 17.0. The Morgan fingerprint density at radius 2 is 1.83 bits per heavy atom. The van der Waals surface area contributed by atoms with Gasteiger partial charge in [-0.2, -0.15) is 13.2 Å². The van der Waals surface area contributed by atoms with Gasteiger partial charge in [-0.05, 0) is 61.9 Å². The van der Waals surface area contributed by atoms with Crippen LogP contribution in [0.5, 0.6) is 0 Å². The number of alkyl halides is 3. The molecule has 2 fully saturated rings. The van der Waals surface area contributed by atoms with Crippen molar-refractivity contribution >= 4 is 0 Å². The van der Waals surface area contributed by atoms with Gasteiger partial charge in [0.1, 0.15) is 0 Å². The number of rotatable bonds is 6. The molecule has 1 N–H and O–H groups in total. The van der Waals surface area contributed by atoms with Gasteiger partial charge < -0.3 is 10.1 Å². The molecule has 1 spiro atoms. The largest absolute Gasteiger partial charge is 0.416 e. The van der Waals surface area contributed by atoms with Crippen LogP contribution in [0.1, 0.15) is 61.6 Å². The molecule has 1 saturated heterocycles. The lowest BCUT2D eigenvalue weighted by atomic mass is 9.66. The summed E-state index contributed by atoms with van der Waals surface area (Å²) in [5.41, 5.74) is 0.647. The standard InChI is InChI=1S/C23H28F3N3O/c24-23(25,26)20-5-11-28-14-18(20)15-29-12-8-21(19-4-3-10-27-16-19)9-13-30-22(17-21)6-1-2-7-22/h3-5,10-11,14,16,29H,1-2,6-9,12-13,15,17H2/t21-/m1/s1. The fourth-order valence-electron chi connectivity index (χ4n) is 5.24. The van der Waals surface area contributed by atoms with E-state index in [0.717, 1.165) is 44.8 Å². The number of nitrogens with one attached hydrogen (secondary N) is 1. The van der Waals surface area contributed by atoms with Gasteiger partial charge in [0.05, 0.1) is 11.2 Å². The molecule has 30 heavy (non-hydrogen) atoms. The van der Waals surface area contributed by atoms with E-state index in [0.29, 0.717) is 6.54 Å². The van der Waals surface area contributed by atoms with Crippen molar-refractivity contribution in [3.05, 3.63) is 59.7 Å². The fraction of sp³-hybridized carbons (Fsp3) is 0.565. The van der Waals surface area contributed by atoms with E-state index < -0.39 is 11.7 Å². The van der Waals surface area contributed by atoms with Crippen LogP contribution < -0.4 is 5.32 Å². The normalized spacial score (nSPS) is 23.7. The quantitative estimate of drug-likeness (QED) is 0.667. The van der Waals surface area contributed by atoms with Gasteiger partial charge in [0, 0.05) is 43.4 Å². The summed E-state index contributed by atoms with van der Waals surface area (Å²) in [4.78, 5) is 8.21. The number of nitrogens with zero attached hydrogens (tertiary/aromatic N) is 2. The number of pyridine rings is 2. The first-order chi connectivity index (χ1) is 14.4. The maximum absolute atomic E-state index is 13.2. The van der Waals surface area contributed by atoms with Gasteiger partial charge >= 0.3 is 6.18 Å². The van der Waals surface area contributed by atoms with Gasteiger partial charge in [-0.25, -0.2) is 0 Å². The minimum absolute atomic E-state index is 0.0547. The topological polar surface area (TPSA) is 47.0 Å². The van der Waals surface area contributed by atoms with Gasteiger partial charge in [0.2, 0.25) is 0 Å². The maximum Gasteiger partial charge on any atom is 0.416 e. The molecule has 2 aliphatic rings. The number of aromatic nitrogens is 2. The van der Waals surface area contributed by atoms with Crippen molar-refractivity contribution in [2.45, 2.75) is 68.7 Å². The second-order valence-corrected chi connectivity index (χ2v) is 8.64. The number of hydrogen-bond donors (Lipinski definition) is 1. The highest BCUT2D eigenvalue weighted by Gasteiger charge is 2.47. The van der Waals surface area contributed by atoms with E-state index in [1.54, 1.807) is 6.20 Å². The summed E-state index contributed by atoms with van der Waals surface area (Å²) < 4.78 is 45.9. The average Bonchev–Trinajstić information content (AvgIpc) is 3.19. The predicted molar refractivity (Wildman–Crippen MR) is 108 cm³/mol. The molecular formula is C23H28F3N3O. The third-order valence-corrected chi connectivity index (χ3v) is 6.74. The predicted octanol–water partition coefficient (Wildman–Crippen LogP) is 5.04. The monoisotopic (exact) mass is 419 g/mol. The van der Waals surface area contributed by atoms with E-state index in [9.17, 15) is 13.2 Å². The summed E-state index contributed by atoms with van der Waals surface area (Å²) in [6, 6.07) is 5.13. The molecule has 7 heteroatoms. The average molecular weight is 419 g/mol. The molecule has 0 aromatic carbocycles. The van der Waals surface area contributed by atoms with Crippen LogP contribution in [0.4, 0.5) is 13.2 Å². The summed E-state index contributed by atoms with van der Waals surface area (Å²) in [5, 5.41) is 3.23. The van der Waals surface area contributed by atoms with Crippen LogP contribution in [0.2, 0.25) is 0 Å². The van der Waals surface area contributed by atoms with Crippen molar-refractivity contribution in [2.75, 3.05) is 13.2 Å². The summed E-state index contributed by atoms with van der Waals surface area (Å²) in [6.07, 6.45) is 9.11. The molecule has 1 atom stereocenters. The van der Waals surface area contributed by atoms with Crippen LogP contribution in [-0.4, -0.2) is 28.7 Å². The van der Waals surface area contributed by atoms with Gasteiger partial charge in [0.25, 0.3) is 0 Å². The molecule has 2 aromatic heterocycles. The van der Waals surface area contributed by atoms with Gasteiger partial charge in [-0.15, -0.1) is 0 Å². The van der Waals surface area contributed by atoms with Crippen LogP contribution >= 0.6 is 0 Å². The highest BCUT2D eigenvalue weighted by Crippen LogP contribution is 2.49. The fourth-order valence-corrected chi connectivity index (χ4v) is 5.24. The minimum atomic E-state index is -4.37. The van der Waals surface area contributed by atoms with Gasteiger partial charge in [0.15, 0.2) is 0 Å². The second-order valence-electron chi connectivity index (χ2n) is 8.64. The molecule has 0 amide bonds. The highest BCUT2D eigenvalue weighted by atomic mass is 19.4. The lowest BCUT2D eigenvalue weighted by Gasteiger charge is -2.47. The number of hydrogen-bond acceptors (Lipinski definition) is 4. The molecule has 4 nitrogen and oxygen atoms in total. The Kier molecular flexibility index (Phi) is 6.11. The third kappa shape index (κ3) is 4.52. The molecule has 0 bridgehead atoms. The van der Waals surface area contributed by atoms with Gasteiger partial charge in [-0.1, -0.05) is 18.9 Å². The zero-order valence-electron chi connectivity index (χ0n) is 17.0. The van der Waals surface area contributed by atoms with Crippen LogP contribution in [-0.2, 0) is 22.9 Å². The smallest absolute Gasteiger partial charge is 0.375 e. The first-order valence-corrected chi connectivity index (χ1v) is 10.7. The lowest BCUT2D eigenvalue weighted by molar-refractivity contribution is -0.138. The van der Waals surface area contributed by atoms with E-state index in [1.165, 1.54) is 30.8 Å². The number of ether oxygens (including phenoxy) is 1. The Hall–Kier alpha value is -1.99. The van der Waals surface area contributed by atoms with Crippen molar-refractivity contribution in [1.82, 2.24) is 15.3 Å². The van der Waals surface area contributed by atoms with Crippen molar-refractivity contribution < 1.29 is 17.9 Å². The molecule has 4 rings (SSSR count). The molecule has 1 saturated carbocycles. The Balaban J connectivity index is 1.47. The Morgan fingerprint density at radius 3 is 2.57 bits per heavy atom. The van der Waals surface area contributed by atoms with E-state index >= 15 is 0 Å². The molecular weight excluding hydrogens is 391 g/mol. The lowest BCUT2D eigenvalue weighted by Crippen LogP contribution is -2.47. The third-order valence-electron chi connectivity index (χ3n) is 6.74. The molecule has 162 valence electrons. The molecule has 0 radical (unpaired) electrons. The summed E-state index contributed by atoms with van der Waals surface area (Å²) >= 11 is 0. The Bertz CT molecular complexity index is 837. The summed E-state index contributed by atoms with van der Waals surface area (Å²) in [7, 11) is 0. The second kappa shape index (κ2) is 8.63. The molecule has 1 aliphatic heterocycles. The van der Waals surface area contributed by atoms with E-state index in [1.807, 2.05) is 12.3 Å². The van der Waals surface area contributed by atoms with Crippen LogP contribution in [0.25, 0.3) is 0 Å². The molecule has 1 aliphatic carbocycles. The first-order valence-electron chi connectivity index (χ1n) is 10.7. The molecule has 2 aromatic rings. The van der Waals surface area contributed by atoms with Crippen LogP contribution in [0.15, 0.2) is 43.0 Å². The molecule has 0 unspecified atom stereocenters. The van der Waals surface area contributed by atoms with Crippen LogP contribution in [0.3, 0.4) is 0 Å². The van der Waals surface area contributed by atoms with Crippen molar-refractivity contribution in [3.8, 4) is 0 Å². The van der Waals surface area contributed by atoms with Crippen LogP contribution in [0, 0.1) is 0 Å².